The first-order valence-corrected chi connectivity index (χ1v) is 40.2. The van der Waals surface area contributed by atoms with Crippen LogP contribution in [0.4, 0.5) is 30.7 Å². The van der Waals surface area contributed by atoms with Gasteiger partial charge in [-0.3, -0.25) is 0 Å². The predicted octanol–water partition coefficient (Wildman–Crippen LogP) is 27.7. The Morgan fingerprint density at radius 3 is 1.37 bits per heavy atom. The van der Waals surface area contributed by atoms with Crippen molar-refractivity contribution in [3.8, 4) is 40.2 Å². The maximum absolute atomic E-state index is 14.5. The number of benzene rings is 7. The molecule has 0 radical (unpaired) electrons. The van der Waals surface area contributed by atoms with Crippen molar-refractivity contribution in [3.63, 3.8) is 0 Å². The molecule has 118 heavy (non-hydrogen) atoms. The molecule has 5 aromatic heterocycles. The van der Waals surface area contributed by atoms with Crippen LogP contribution in [0.2, 0.25) is 5.02 Å². The van der Waals surface area contributed by atoms with E-state index in [2.05, 4.69) is 83.6 Å². The van der Waals surface area contributed by atoms with Gasteiger partial charge in [-0.25, -0.2) is 30.7 Å². The number of aromatic nitrogens is 5. The Morgan fingerprint density at radius 1 is 0.364 bits per heavy atom. The lowest BCUT2D eigenvalue weighted by Gasteiger charge is -2.22. The lowest BCUT2D eigenvalue weighted by molar-refractivity contribution is 0.118. The number of ether oxygens (including phenoxy) is 7. The third-order valence-electron chi connectivity index (χ3n) is 19.2. The van der Waals surface area contributed by atoms with Crippen molar-refractivity contribution >= 4 is 77.8 Å². The van der Waals surface area contributed by atoms with Crippen molar-refractivity contribution in [1.29, 1.82) is 0 Å². The summed E-state index contributed by atoms with van der Waals surface area (Å²) in [5, 5.41) is 4.25. The molecular weight excluding hydrogens is 1530 g/mol. The molecule has 12 aromatic rings. The van der Waals surface area contributed by atoms with E-state index in [9.17, 15) is 30.7 Å². The van der Waals surface area contributed by atoms with E-state index in [1.54, 1.807) is 93.6 Å². The molecule has 20 heteroatoms. The van der Waals surface area contributed by atoms with Crippen LogP contribution in [-0.2, 0) is 48.1 Å². The van der Waals surface area contributed by atoms with Crippen molar-refractivity contribution < 1.29 is 63.9 Å². The molecule has 0 saturated heterocycles. The Bertz CT molecular complexity index is 5640. The van der Waals surface area contributed by atoms with Gasteiger partial charge >= 0.3 is 0 Å². The molecule has 0 bridgehead atoms. The largest absolute Gasteiger partial charge is 0.488 e. The van der Waals surface area contributed by atoms with E-state index in [1.807, 2.05) is 178 Å². The summed E-state index contributed by atoms with van der Waals surface area (Å²) in [7, 11) is 9.36. The second-order valence-corrected chi connectivity index (χ2v) is 38.0. The van der Waals surface area contributed by atoms with E-state index in [4.69, 9.17) is 44.8 Å². The summed E-state index contributed by atoms with van der Waals surface area (Å²) in [6.07, 6.45) is 9.82. The number of hydrogen-bond donors (Lipinski definition) is 0. The molecule has 2 aliphatic carbocycles. The summed E-state index contributed by atoms with van der Waals surface area (Å²) in [6, 6.07) is 28.9. The molecule has 0 unspecified atom stereocenters. The number of halogens is 8. The zero-order chi connectivity index (χ0) is 88.7. The molecule has 5 heterocycles. The van der Waals surface area contributed by atoms with Gasteiger partial charge in [-0.05, 0) is 307 Å². The summed E-state index contributed by atoms with van der Waals surface area (Å²) in [5.74, 6) is -0.949. The smallest absolute Gasteiger partial charge is 0.192 e. The molecule has 0 spiro atoms. The van der Waals surface area contributed by atoms with Crippen LogP contribution in [0, 0.1) is 68.4 Å². The third kappa shape index (κ3) is 23.6. The lowest BCUT2D eigenvalue weighted by Crippen LogP contribution is -2.24. The van der Waals surface area contributed by atoms with E-state index in [1.165, 1.54) is 56.9 Å². The number of allylic oxidation sites excluding steroid dienone is 3. The number of nitrogens with zero attached hydrogens (tertiary/aromatic N) is 5. The molecule has 0 atom stereocenters. The first-order chi connectivity index (χ1) is 54.1. The quantitative estimate of drug-likeness (QED) is 0.147. The molecule has 7 aromatic carbocycles. The number of hydrogen-bond acceptors (Lipinski definition) is 7. The maximum atomic E-state index is 14.5. The van der Waals surface area contributed by atoms with E-state index in [0.29, 0.717) is 55.0 Å². The molecular formula is C98H123ClF7N5O7. The van der Waals surface area contributed by atoms with Crippen molar-refractivity contribution in [2.24, 2.45) is 35.2 Å². The van der Waals surface area contributed by atoms with Crippen LogP contribution < -0.4 is 33.2 Å². The third-order valence-corrected chi connectivity index (χ3v) is 19.5. The first-order valence-electron chi connectivity index (χ1n) is 39.8. The molecule has 0 aliphatic heterocycles. The standard InChI is InChI=1S/C15H19F2NO.C15H19FO.C14H17ClO.C14H17F2NO.C14H19NO.2C13H16FNO/c1-8-9(2)18(6)11-7-10(16)14(13(17)12(8)11)19-15(3,4)5;1-9-8-11-6-7-12(17-15(3,4)5)14(16)13(11)10(9)2;1-9-5-10-7-12(15)13(8-11(10)6-9)16-14(2,3)4;1-8-6-9-11(17(8)5)7-10(15)13(12(9)16)18-14(2,3)4;1-10-11-8-9-15(5)12(11)6-7-13(10)16-14(2,3)4;1-13(2,3)16-10-7-9-5-6-15(4)12(9)11(14)8-10;1-13(2,3)16-11-6-5-10-9(12(11)14)7-8-15(10)4/h7H,1-6H3;6-7H,8H2,1-5H3;6-8H,5H2,1-4H3;6-7H,1-5H3;6-9H,1-5H3;2*5-8H,1-4H3. The second kappa shape index (κ2) is 35.6. The Kier molecular flexibility index (Phi) is 28.2. The molecule has 0 fully saturated rings. The van der Waals surface area contributed by atoms with Crippen LogP contribution in [-0.4, -0.2) is 62.0 Å². The SMILES string of the molecule is CC1=C(C)c2c(ccc(OC(C)(C)C)c2F)C1.CC1=Cc2cc(OC(C)(C)C)c(Cl)cc2C1.Cc1c(C)n(C)c2cc(F)c(OC(C)(C)C)c(F)c12.Cc1c(OC(C)(C)C)ccc2c1ccn2C.Cc1cc2c(F)c(OC(C)(C)C)c(F)cc2n1C.Cn1ccc2c(F)c(OC(C)(C)C)ccc21.Cn1ccc2cc(OC(C)(C)C)cc(F)c21. The van der Waals surface area contributed by atoms with Crippen LogP contribution in [0.3, 0.4) is 0 Å². The Balaban J connectivity index is 0.000000172. The highest BCUT2D eigenvalue weighted by Gasteiger charge is 2.29. The van der Waals surface area contributed by atoms with Gasteiger partial charge in [-0.15, -0.1) is 0 Å². The molecule has 14 rings (SSSR count). The number of rotatable bonds is 7. The zero-order valence-corrected chi connectivity index (χ0v) is 76.3. The fourth-order valence-corrected chi connectivity index (χ4v) is 13.9. The van der Waals surface area contributed by atoms with Crippen LogP contribution in [0.1, 0.15) is 211 Å². The summed E-state index contributed by atoms with van der Waals surface area (Å²) < 4.78 is 148. The predicted molar refractivity (Wildman–Crippen MR) is 473 cm³/mol. The maximum Gasteiger partial charge on any atom is 0.192 e. The molecule has 0 saturated carbocycles. The number of fused-ring (bicyclic) bond motifs is 7. The minimum absolute atomic E-state index is 0.146. The molecule has 0 N–H and O–H groups in total. The van der Waals surface area contributed by atoms with Crippen LogP contribution in [0.15, 0.2) is 127 Å². The van der Waals surface area contributed by atoms with E-state index >= 15 is 0 Å². The Morgan fingerprint density at radius 2 is 0.831 bits per heavy atom. The monoisotopic (exact) mass is 1650 g/mol. The van der Waals surface area contributed by atoms with Gasteiger partial charge in [0.05, 0.1) is 27.1 Å². The molecule has 0 amide bonds. The zero-order valence-electron chi connectivity index (χ0n) is 75.6. The summed E-state index contributed by atoms with van der Waals surface area (Å²) in [4.78, 5) is 0. The van der Waals surface area contributed by atoms with Crippen molar-refractivity contribution in [2.45, 2.75) is 246 Å². The van der Waals surface area contributed by atoms with Crippen LogP contribution in [0.25, 0.3) is 66.2 Å². The number of aryl methyl sites for hydroxylation is 8. The lowest BCUT2D eigenvalue weighted by atomic mass is 10.0. The highest BCUT2D eigenvalue weighted by atomic mass is 35.5. The van der Waals surface area contributed by atoms with Gasteiger partial charge in [0.2, 0.25) is 0 Å². The van der Waals surface area contributed by atoms with Gasteiger partial charge in [-0.1, -0.05) is 34.9 Å². The van der Waals surface area contributed by atoms with Gasteiger partial charge in [-0.2, -0.15) is 0 Å². The average Bonchev–Trinajstić information content (AvgIpc) is 1.61. The molecule has 638 valence electrons. The minimum Gasteiger partial charge on any atom is -0.488 e. The Labute approximate surface area is 699 Å². The van der Waals surface area contributed by atoms with Crippen molar-refractivity contribution in [2.75, 3.05) is 0 Å². The summed E-state index contributed by atoms with van der Waals surface area (Å²) in [5.41, 5.74) is 12.9. The van der Waals surface area contributed by atoms with E-state index in [0.717, 1.165) is 68.9 Å². The second-order valence-electron chi connectivity index (χ2n) is 37.6. The van der Waals surface area contributed by atoms with Crippen molar-refractivity contribution in [1.82, 2.24) is 22.8 Å². The van der Waals surface area contributed by atoms with Crippen molar-refractivity contribution in [3.05, 3.63) is 217 Å². The van der Waals surface area contributed by atoms with Crippen LogP contribution >= 0.6 is 11.6 Å². The average molecular weight is 1650 g/mol. The minimum atomic E-state index is -0.670. The highest BCUT2D eigenvalue weighted by Crippen LogP contribution is 2.42. The topological polar surface area (TPSA) is 89.3 Å². The van der Waals surface area contributed by atoms with Crippen LogP contribution in [0.5, 0.6) is 40.2 Å². The molecule has 2 aliphatic rings. The summed E-state index contributed by atoms with van der Waals surface area (Å²) >= 11 is 6.21. The first kappa shape index (κ1) is 93.6. The van der Waals surface area contributed by atoms with Gasteiger partial charge in [0.25, 0.3) is 0 Å². The van der Waals surface area contributed by atoms with Gasteiger partial charge < -0.3 is 56.0 Å². The fraction of sp³-hybridized carbons (Fsp3) is 0.429. The Hall–Kier alpha value is -9.88. The van der Waals surface area contributed by atoms with E-state index in [-0.39, 0.29) is 57.0 Å². The summed E-state index contributed by atoms with van der Waals surface area (Å²) in [6.45, 7) is 54.0. The molecule has 12 nitrogen and oxygen atoms in total. The van der Waals surface area contributed by atoms with Gasteiger partial charge in [0.1, 0.15) is 56.5 Å². The normalized spacial score (nSPS) is 12.9. The fourth-order valence-electron chi connectivity index (χ4n) is 13.6. The van der Waals surface area contributed by atoms with Gasteiger partial charge in [0.15, 0.2) is 63.7 Å². The van der Waals surface area contributed by atoms with E-state index < -0.39 is 34.5 Å². The highest BCUT2D eigenvalue weighted by molar-refractivity contribution is 6.32. The van der Waals surface area contributed by atoms with Gasteiger partial charge in [0, 0.05) is 127 Å².